The zero-order chi connectivity index (χ0) is 20.6. The Morgan fingerprint density at radius 2 is 1.79 bits per heavy atom. The lowest BCUT2D eigenvalue weighted by Gasteiger charge is -2.21. The molecule has 1 N–H and O–H groups in total. The molecule has 0 spiro atoms. The van der Waals surface area contributed by atoms with Crippen LogP contribution in [0.3, 0.4) is 0 Å². The maximum atomic E-state index is 12.8. The Morgan fingerprint density at radius 1 is 1.14 bits per heavy atom. The van der Waals surface area contributed by atoms with Gasteiger partial charge in [0.2, 0.25) is 0 Å². The molecule has 4 rings (SSSR count). The molecule has 1 atom stereocenters. The van der Waals surface area contributed by atoms with Crippen molar-refractivity contribution in [2.24, 2.45) is 0 Å². The highest BCUT2D eigenvalue weighted by Crippen LogP contribution is 2.42. The number of para-hydroxylation sites is 1. The van der Waals surface area contributed by atoms with Gasteiger partial charge in [-0.05, 0) is 60.0 Å². The second-order valence-corrected chi connectivity index (χ2v) is 9.81. The molecule has 6 nitrogen and oxygen atoms in total. The number of sulfonamides is 1. The van der Waals surface area contributed by atoms with Crippen molar-refractivity contribution >= 4 is 27.3 Å². The molecule has 1 aliphatic heterocycles. The van der Waals surface area contributed by atoms with Crippen molar-refractivity contribution in [2.45, 2.75) is 30.1 Å². The lowest BCUT2D eigenvalue weighted by molar-refractivity contribution is -0.141. The Kier molecular flexibility index (Phi) is 5.16. The minimum atomic E-state index is -3.79. The van der Waals surface area contributed by atoms with Crippen LogP contribution < -0.4 is 4.74 Å². The Balaban J connectivity index is 1.57. The molecule has 0 radical (unpaired) electrons. The predicted molar refractivity (Wildman–Crippen MR) is 111 cm³/mol. The molecule has 1 aromatic heterocycles. The van der Waals surface area contributed by atoms with Gasteiger partial charge in [0, 0.05) is 11.4 Å². The summed E-state index contributed by atoms with van der Waals surface area (Å²) >= 11 is 1.17. The minimum absolute atomic E-state index is 0.0914. The van der Waals surface area contributed by atoms with Crippen molar-refractivity contribution in [1.29, 1.82) is 0 Å². The summed E-state index contributed by atoms with van der Waals surface area (Å²) in [6.07, 6.45) is 0.221. The number of carbonyl (C=O) groups is 1. The van der Waals surface area contributed by atoms with Crippen LogP contribution in [0.1, 0.15) is 18.9 Å². The zero-order valence-electron chi connectivity index (χ0n) is 15.6. The van der Waals surface area contributed by atoms with Crippen molar-refractivity contribution in [1.82, 2.24) is 4.31 Å². The van der Waals surface area contributed by atoms with Crippen LogP contribution in [0.25, 0.3) is 10.4 Å². The first kappa shape index (κ1) is 19.6. The number of thiophene rings is 1. The van der Waals surface area contributed by atoms with E-state index in [1.165, 1.54) is 11.3 Å². The first-order valence-corrected chi connectivity index (χ1v) is 11.4. The molecule has 0 aliphatic carbocycles. The van der Waals surface area contributed by atoms with Crippen molar-refractivity contribution in [3.05, 3.63) is 66.2 Å². The summed E-state index contributed by atoms with van der Waals surface area (Å²) in [5.41, 5.74) is 1.53. The van der Waals surface area contributed by atoms with Gasteiger partial charge in [-0.3, -0.25) is 4.79 Å². The van der Waals surface area contributed by atoms with Crippen molar-refractivity contribution in [3.8, 4) is 21.9 Å². The van der Waals surface area contributed by atoms with E-state index < -0.39 is 22.0 Å². The molecule has 29 heavy (non-hydrogen) atoms. The molecule has 0 amide bonds. The average molecular weight is 430 g/mol. The van der Waals surface area contributed by atoms with Gasteiger partial charge in [0.05, 0.1) is 0 Å². The molecule has 0 fully saturated rings. The van der Waals surface area contributed by atoms with Crippen LogP contribution >= 0.6 is 11.3 Å². The fraction of sp³-hybridized carbons (Fsp3) is 0.190. The number of nitrogens with zero attached hydrogens (tertiary/aromatic N) is 1. The summed E-state index contributed by atoms with van der Waals surface area (Å²) in [6.45, 7) is 1.76. The van der Waals surface area contributed by atoms with Crippen molar-refractivity contribution < 1.29 is 23.1 Å². The highest BCUT2D eigenvalue weighted by atomic mass is 32.2. The third kappa shape index (κ3) is 3.66. The van der Waals surface area contributed by atoms with Crippen LogP contribution in [0, 0.1) is 0 Å². The second kappa shape index (κ2) is 7.62. The lowest BCUT2D eigenvalue weighted by atomic mass is 10.1. The highest BCUT2D eigenvalue weighted by Gasteiger charge is 2.43. The normalized spacial score (nSPS) is 16.3. The number of hydrogen-bond acceptors (Lipinski definition) is 5. The summed E-state index contributed by atoms with van der Waals surface area (Å²) in [5, 5.41) is 9.33. The molecule has 3 aromatic rings. The SMILES string of the molecule is CCC(C(=O)O)N1Cc2cc(-c3ccc(Oc4ccccc4)cc3)sc2S1(=O)=O. The van der Waals surface area contributed by atoms with E-state index in [0.29, 0.717) is 11.3 Å². The Hall–Kier alpha value is -2.68. The van der Waals surface area contributed by atoms with E-state index in [0.717, 1.165) is 20.5 Å². The standard InChI is InChI=1S/C21H19NO5S2/c1-2-18(20(23)24)22-13-15-12-19(28-21(15)29(22,25)26)14-8-10-17(11-9-14)27-16-6-4-3-5-7-16/h3-12,18H,2,13H2,1H3,(H,23,24). The number of ether oxygens (including phenoxy) is 1. The first-order valence-electron chi connectivity index (χ1n) is 9.11. The van der Waals surface area contributed by atoms with E-state index in [1.807, 2.05) is 60.7 Å². The Bertz CT molecular complexity index is 1140. The van der Waals surface area contributed by atoms with Crippen molar-refractivity contribution in [2.75, 3.05) is 0 Å². The molecule has 2 aromatic carbocycles. The van der Waals surface area contributed by atoms with E-state index >= 15 is 0 Å². The molecule has 0 saturated carbocycles. The van der Waals surface area contributed by atoms with E-state index in [4.69, 9.17) is 4.74 Å². The van der Waals surface area contributed by atoms with E-state index in [1.54, 1.807) is 6.92 Å². The topological polar surface area (TPSA) is 83.9 Å². The average Bonchev–Trinajstić information content (AvgIpc) is 3.22. The van der Waals surface area contributed by atoms with Crippen LogP contribution in [-0.2, 0) is 21.4 Å². The summed E-state index contributed by atoms with van der Waals surface area (Å²) in [4.78, 5) is 12.2. The third-order valence-corrected chi connectivity index (χ3v) is 8.41. The monoisotopic (exact) mass is 429 g/mol. The van der Waals surface area contributed by atoms with E-state index in [2.05, 4.69) is 0 Å². The second-order valence-electron chi connectivity index (χ2n) is 6.68. The fourth-order valence-corrected chi connectivity index (χ4v) is 6.77. The van der Waals surface area contributed by atoms with E-state index in [-0.39, 0.29) is 17.2 Å². The molecule has 8 heteroatoms. The fourth-order valence-electron chi connectivity index (χ4n) is 3.33. The van der Waals surface area contributed by atoms with Crippen LogP contribution in [0.4, 0.5) is 0 Å². The molecular weight excluding hydrogens is 410 g/mol. The number of benzene rings is 2. The Morgan fingerprint density at radius 3 is 2.38 bits per heavy atom. The number of carboxylic acids is 1. The van der Waals surface area contributed by atoms with Gasteiger partial charge in [-0.25, -0.2) is 8.42 Å². The Labute approximate surface area is 173 Å². The zero-order valence-corrected chi connectivity index (χ0v) is 17.2. The molecule has 2 heterocycles. The largest absolute Gasteiger partial charge is 0.480 e. The first-order chi connectivity index (χ1) is 13.9. The van der Waals surface area contributed by atoms with Crippen LogP contribution in [0.2, 0.25) is 0 Å². The van der Waals surface area contributed by atoms with Crippen LogP contribution in [-0.4, -0.2) is 29.8 Å². The number of aliphatic carboxylic acids is 1. The number of rotatable bonds is 6. The molecular formula is C21H19NO5S2. The van der Waals surface area contributed by atoms with Gasteiger partial charge in [-0.15, -0.1) is 11.3 Å². The summed E-state index contributed by atoms with van der Waals surface area (Å²) < 4.78 is 32.8. The minimum Gasteiger partial charge on any atom is -0.480 e. The number of hydrogen-bond donors (Lipinski definition) is 1. The molecule has 0 bridgehead atoms. The number of carboxylic acid groups (broad SMARTS) is 1. The molecule has 1 aliphatic rings. The van der Waals surface area contributed by atoms with Crippen molar-refractivity contribution in [3.63, 3.8) is 0 Å². The van der Waals surface area contributed by atoms with Gasteiger partial charge in [0.15, 0.2) is 0 Å². The van der Waals surface area contributed by atoms with Gasteiger partial charge in [0.1, 0.15) is 21.8 Å². The molecule has 1 unspecified atom stereocenters. The summed E-state index contributed by atoms with van der Waals surface area (Å²) in [5.74, 6) is 0.306. The number of fused-ring (bicyclic) bond motifs is 1. The van der Waals surface area contributed by atoms with Gasteiger partial charge < -0.3 is 9.84 Å². The van der Waals surface area contributed by atoms with Gasteiger partial charge in [-0.1, -0.05) is 25.1 Å². The third-order valence-electron chi connectivity index (χ3n) is 4.78. The quantitative estimate of drug-likeness (QED) is 0.620. The lowest BCUT2D eigenvalue weighted by Crippen LogP contribution is -2.40. The smallest absolute Gasteiger partial charge is 0.322 e. The molecule has 0 saturated heterocycles. The van der Waals surface area contributed by atoms with E-state index in [9.17, 15) is 18.3 Å². The van der Waals surface area contributed by atoms with Gasteiger partial charge >= 0.3 is 5.97 Å². The van der Waals surface area contributed by atoms with Crippen LogP contribution in [0.15, 0.2) is 64.9 Å². The maximum Gasteiger partial charge on any atom is 0.322 e. The predicted octanol–water partition coefficient (Wildman–Crippen LogP) is 4.57. The molecule has 150 valence electrons. The van der Waals surface area contributed by atoms with Gasteiger partial charge in [0.25, 0.3) is 10.0 Å². The van der Waals surface area contributed by atoms with Crippen LogP contribution in [0.5, 0.6) is 11.5 Å². The summed E-state index contributed by atoms with van der Waals surface area (Å²) in [6, 6.07) is 17.7. The maximum absolute atomic E-state index is 12.8. The van der Waals surface area contributed by atoms with Gasteiger partial charge in [-0.2, -0.15) is 4.31 Å². The highest BCUT2D eigenvalue weighted by molar-refractivity contribution is 7.91. The summed E-state index contributed by atoms with van der Waals surface area (Å²) in [7, 11) is -3.79.